The number of hydrogen-bond donors (Lipinski definition) is 4. The van der Waals surface area contributed by atoms with Gasteiger partial charge in [0.05, 0.1) is 6.61 Å². The molecule has 8 heteroatoms. The molecule has 2 heterocycles. The van der Waals surface area contributed by atoms with Gasteiger partial charge in [0.1, 0.15) is 12.2 Å². The Balaban J connectivity index is 2.52. The lowest BCUT2D eigenvalue weighted by molar-refractivity contribution is -0.0754. The number of hydrogen-bond acceptors (Lipinski definition) is 6. The van der Waals surface area contributed by atoms with Crippen LogP contribution in [0, 0.1) is 17.1 Å². The van der Waals surface area contributed by atoms with E-state index in [2.05, 4.69) is 10.9 Å². The number of aliphatic hydroxyl groups excluding tert-OH is 2. The monoisotopic (exact) mass is 284 g/mol. The van der Waals surface area contributed by atoms with E-state index in [0.29, 0.717) is 0 Å². The van der Waals surface area contributed by atoms with Gasteiger partial charge in [-0.25, -0.2) is 0 Å². The van der Waals surface area contributed by atoms with Crippen LogP contribution in [-0.4, -0.2) is 49.3 Å². The number of aromatic amines is 1. The van der Waals surface area contributed by atoms with Crippen LogP contribution in [0.4, 0.5) is 0 Å². The summed E-state index contributed by atoms with van der Waals surface area (Å²) >= 11 is 4.94. The van der Waals surface area contributed by atoms with Gasteiger partial charge in [0, 0.05) is 12.3 Å². The van der Waals surface area contributed by atoms with E-state index in [-0.39, 0.29) is 4.77 Å². The molecule has 1 fully saturated rings. The molecule has 0 radical (unpaired) electrons. The maximum Gasteiger partial charge on any atom is 0.251 e. The molecule has 1 saturated heterocycles. The van der Waals surface area contributed by atoms with E-state index in [1.807, 2.05) is 0 Å². The topological polar surface area (TPSA) is 108 Å². The van der Waals surface area contributed by atoms with E-state index in [4.69, 9.17) is 28.5 Å². The van der Waals surface area contributed by atoms with E-state index in [1.165, 1.54) is 16.8 Å². The van der Waals surface area contributed by atoms with Crippen molar-refractivity contribution in [1.29, 1.82) is 0 Å². The molecule has 1 aliphatic rings. The molecule has 19 heavy (non-hydrogen) atoms. The van der Waals surface area contributed by atoms with Crippen molar-refractivity contribution >= 4 is 12.2 Å². The van der Waals surface area contributed by atoms with E-state index in [1.54, 1.807) is 0 Å². The minimum absolute atomic E-state index is 0.0167. The number of aromatic nitrogens is 2. The van der Waals surface area contributed by atoms with Crippen molar-refractivity contribution in [3.8, 4) is 12.3 Å². The molecule has 1 aliphatic heterocycles. The van der Waals surface area contributed by atoms with Crippen molar-refractivity contribution in [1.82, 2.24) is 9.55 Å². The van der Waals surface area contributed by atoms with Gasteiger partial charge < -0.3 is 20.1 Å². The summed E-state index contributed by atoms with van der Waals surface area (Å²) in [7, 11) is 0. The average Bonchev–Trinajstić information content (AvgIpc) is 2.63. The molecule has 0 amide bonds. The molecule has 102 valence electrons. The Morgan fingerprint density at radius 2 is 2.37 bits per heavy atom. The van der Waals surface area contributed by atoms with Crippen LogP contribution in [0.25, 0.3) is 0 Å². The summed E-state index contributed by atoms with van der Waals surface area (Å²) in [6.07, 6.45) is 2.82. The van der Waals surface area contributed by atoms with Gasteiger partial charge in [0.15, 0.2) is 16.6 Å². The zero-order valence-corrected chi connectivity index (χ0v) is 10.5. The van der Waals surface area contributed by atoms with Crippen molar-refractivity contribution in [2.24, 2.45) is 0 Å². The molecule has 4 atom stereocenters. The Labute approximate surface area is 113 Å². The first-order chi connectivity index (χ1) is 8.93. The molecular formula is C11H12N2O5S. The standard InChI is InChI=1S/C11H12N2O5S/c1-2-11(17)8(16)6(5-14)18-9(11)13-4-3-7(15)12-10(13)19/h1,3-4,6,8-9,14,16-17H,5H2,(H,12,15,19)/t6-,8?,9-,11?/m1/s1. The molecule has 1 aromatic rings. The lowest BCUT2D eigenvalue weighted by Gasteiger charge is -2.26. The van der Waals surface area contributed by atoms with Crippen molar-refractivity contribution in [3.05, 3.63) is 27.4 Å². The van der Waals surface area contributed by atoms with Gasteiger partial charge in [-0.1, -0.05) is 5.92 Å². The first-order valence-electron chi connectivity index (χ1n) is 5.40. The second-order valence-electron chi connectivity index (χ2n) is 4.14. The van der Waals surface area contributed by atoms with Crippen LogP contribution in [0.2, 0.25) is 0 Å². The molecular weight excluding hydrogens is 272 g/mol. The van der Waals surface area contributed by atoms with Crippen LogP contribution in [0.1, 0.15) is 6.23 Å². The summed E-state index contributed by atoms with van der Waals surface area (Å²) in [6.45, 7) is -0.516. The first kappa shape index (κ1) is 13.9. The van der Waals surface area contributed by atoms with Crippen LogP contribution < -0.4 is 5.56 Å². The van der Waals surface area contributed by atoms with Crippen LogP contribution in [0.3, 0.4) is 0 Å². The van der Waals surface area contributed by atoms with E-state index in [9.17, 15) is 15.0 Å². The number of terminal acetylenes is 1. The number of rotatable bonds is 2. The maximum absolute atomic E-state index is 11.1. The van der Waals surface area contributed by atoms with Crippen molar-refractivity contribution in [2.75, 3.05) is 6.61 Å². The number of ether oxygens (including phenoxy) is 1. The third kappa shape index (κ3) is 2.11. The maximum atomic E-state index is 11.1. The number of nitrogens with one attached hydrogen (secondary N) is 1. The van der Waals surface area contributed by atoms with Crippen LogP contribution in [0.5, 0.6) is 0 Å². The van der Waals surface area contributed by atoms with Crippen LogP contribution in [0.15, 0.2) is 17.1 Å². The van der Waals surface area contributed by atoms with Gasteiger partial charge in [0.25, 0.3) is 5.56 Å². The fourth-order valence-electron chi connectivity index (χ4n) is 1.96. The summed E-state index contributed by atoms with van der Waals surface area (Å²) in [5, 5.41) is 29.3. The molecule has 2 rings (SSSR count). The lowest BCUT2D eigenvalue weighted by atomic mass is 9.95. The molecule has 1 aromatic heterocycles. The second-order valence-corrected chi connectivity index (χ2v) is 4.53. The van der Waals surface area contributed by atoms with Crippen molar-refractivity contribution in [2.45, 2.75) is 24.0 Å². The second kappa shape index (κ2) is 4.88. The minimum Gasteiger partial charge on any atom is -0.394 e. The van der Waals surface area contributed by atoms with Gasteiger partial charge in [-0.05, 0) is 12.2 Å². The highest BCUT2D eigenvalue weighted by Crippen LogP contribution is 2.37. The summed E-state index contributed by atoms with van der Waals surface area (Å²) in [6, 6.07) is 1.18. The fourth-order valence-corrected chi connectivity index (χ4v) is 2.22. The Bertz CT molecular complexity index is 633. The van der Waals surface area contributed by atoms with Gasteiger partial charge in [0.2, 0.25) is 0 Å². The summed E-state index contributed by atoms with van der Waals surface area (Å²) < 4.78 is 6.52. The molecule has 0 spiro atoms. The molecule has 7 nitrogen and oxygen atoms in total. The SMILES string of the molecule is C#CC1(O)C(O)[C@@H](CO)O[C@H]1n1ccc(=O)[nH]c1=S. The number of H-pyrrole nitrogens is 1. The molecule has 0 saturated carbocycles. The Morgan fingerprint density at radius 1 is 1.68 bits per heavy atom. The fraction of sp³-hybridized carbons (Fsp3) is 0.455. The predicted molar refractivity (Wildman–Crippen MR) is 66.7 cm³/mol. The van der Waals surface area contributed by atoms with E-state index < -0.39 is 36.2 Å². The summed E-state index contributed by atoms with van der Waals surface area (Å²) in [5.41, 5.74) is -2.47. The largest absolute Gasteiger partial charge is 0.394 e. The number of nitrogens with zero attached hydrogens (tertiary/aromatic N) is 1. The van der Waals surface area contributed by atoms with Gasteiger partial charge in [-0.2, -0.15) is 0 Å². The summed E-state index contributed by atoms with van der Waals surface area (Å²) in [4.78, 5) is 13.4. The third-order valence-corrected chi connectivity index (χ3v) is 3.31. The molecule has 0 aliphatic carbocycles. The highest BCUT2D eigenvalue weighted by Gasteiger charge is 2.55. The molecule has 4 N–H and O–H groups in total. The van der Waals surface area contributed by atoms with Crippen molar-refractivity contribution in [3.63, 3.8) is 0 Å². The van der Waals surface area contributed by atoms with Crippen molar-refractivity contribution < 1.29 is 20.1 Å². The Kier molecular flexibility index (Phi) is 3.58. The third-order valence-electron chi connectivity index (χ3n) is 3.00. The zero-order chi connectivity index (χ0) is 14.2. The van der Waals surface area contributed by atoms with E-state index >= 15 is 0 Å². The highest BCUT2D eigenvalue weighted by molar-refractivity contribution is 7.71. The Hall–Kier alpha value is -1.50. The normalized spacial score (nSPS) is 34.1. The molecule has 0 aromatic carbocycles. The smallest absolute Gasteiger partial charge is 0.251 e. The molecule has 2 unspecified atom stereocenters. The number of aliphatic hydroxyl groups is 3. The van der Waals surface area contributed by atoms with Gasteiger partial charge in [-0.3, -0.25) is 14.3 Å². The van der Waals surface area contributed by atoms with Gasteiger partial charge >= 0.3 is 0 Å². The molecule has 0 bridgehead atoms. The lowest BCUT2D eigenvalue weighted by Crippen LogP contribution is -2.46. The zero-order valence-electron chi connectivity index (χ0n) is 9.68. The quantitative estimate of drug-likeness (QED) is 0.390. The highest BCUT2D eigenvalue weighted by atomic mass is 32.1. The predicted octanol–water partition coefficient (Wildman–Crippen LogP) is -1.48. The first-order valence-corrected chi connectivity index (χ1v) is 5.81. The minimum atomic E-state index is -2.05. The van der Waals surface area contributed by atoms with Crippen LogP contribution >= 0.6 is 12.2 Å². The Morgan fingerprint density at radius 3 is 2.89 bits per heavy atom. The van der Waals surface area contributed by atoms with Crippen LogP contribution in [-0.2, 0) is 4.74 Å². The average molecular weight is 284 g/mol. The van der Waals surface area contributed by atoms with E-state index in [0.717, 1.165) is 0 Å². The van der Waals surface area contributed by atoms with Gasteiger partial charge in [-0.15, -0.1) is 6.42 Å². The summed E-state index contributed by atoms with van der Waals surface area (Å²) in [5.74, 6) is 2.06.